The van der Waals surface area contributed by atoms with Gasteiger partial charge in [-0.3, -0.25) is 9.59 Å². The summed E-state index contributed by atoms with van der Waals surface area (Å²) in [5.41, 5.74) is 2.33. The molecular weight excluding hydrogens is 346 g/mol. The number of quaternary nitrogens is 1. The van der Waals surface area contributed by atoms with Crippen LogP contribution in [0.1, 0.15) is 35.3 Å². The molecule has 1 amide bonds. The lowest BCUT2D eigenvalue weighted by atomic mass is 10.1. The lowest BCUT2D eigenvalue weighted by Crippen LogP contribution is -3.10. The Balaban J connectivity index is 1.61. The monoisotopic (exact) mass is 368 g/mol. The number of rotatable bonds is 6. The van der Waals surface area contributed by atoms with Crippen molar-refractivity contribution in [3.05, 3.63) is 59.1 Å². The van der Waals surface area contributed by atoms with Crippen LogP contribution >= 0.6 is 11.3 Å². The third-order valence-corrected chi connectivity index (χ3v) is 5.65. The number of fused-ring (bicyclic) bond motifs is 1. The predicted molar refractivity (Wildman–Crippen MR) is 105 cm³/mol. The minimum atomic E-state index is -0.0639. The molecule has 6 heteroatoms. The number of hydrogen-bond acceptors (Lipinski definition) is 4. The molecule has 0 aliphatic rings. The van der Waals surface area contributed by atoms with Crippen LogP contribution in [0.3, 0.4) is 0 Å². The second kappa shape index (κ2) is 7.76. The highest BCUT2D eigenvalue weighted by Crippen LogP contribution is 2.24. The van der Waals surface area contributed by atoms with Gasteiger partial charge in [0.05, 0.1) is 17.3 Å². The predicted octanol–water partition coefficient (Wildman–Crippen LogP) is 2.71. The average molecular weight is 368 g/mol. The molecular formula is C20H22N3O2S+. The van der Waals surface area contributed by atoms with Crippen LogP contribution in [-0.4, -0.2) is 30.3 Å². The van der Waals surface area contributed by atoms with E-state index in [0.717, 1.165) is 20.1 Å². The zero-order valence-electron chi connectivity index (χ0n) is 15.1. The summed E-state index contributed by atoms with van der Waals surface area (Å²) in [5, 5.41) is 3.91. The normalized spacial score (nSPS) is 13.3. The largest absolute Gasteiger partial charge is 0.322 e. The van der Waals surface area contributed by atoms with Gasteiger partial charge in [0.1, 0.15) is 6.04 Å². The third kappa shape index (κ3) is 4.15. The molecule has 2 N–H and O–H groups in total. The van der Waals surface area contributed by atoms with E-state index in [0.29, 0.717) is 17.8 Å². The minimum absolute atomic E-state index is 0.0108. The van der Waals surface area contributed by atoms with Gasteiger partial charge in [-0.15, -0.1) is 11.3 Å². The van der Waals surface area contributed by atoms with Crippen LogP contribution in [0.15, 0.2) is 48.5 Å². The molecule has 2 aromatic carbocycles. The van der Waals surface area contributed by atoms with Crippen LogP contribution in [0.2, 0.25) is 0 Å². The lowest BCUT2D eigenvalue weighted by Gasteiger charge is -2.19. The van der Waals surface area contributed by atoms with Gasteiger partial charge in [-0.1, -0.05) is 12.1 Å². The summed E-state index contributed by atoms with van der Waals surface area (Å²) in [6.07, 6.45) is 0. The molecule has 0 bridgehead atoms. The summed E-state index contributed by atoms with van der Waals surface area (Å²) in [4.78, 5) is 29.4. The molecule has 3 aromatic rings. The number of likely N-dealkylation sites (N-methyl/N-ethyl adjacent to an activating group) is 1. The molecule has 0 aliphatic heterocycles. The highest BCUT2D eigenvalue weighted by molar-refractivity contribution is 7.18. The second-order valence-electron chi connectivity index (χ2n) is 6.45. The maximum Gasteiger partial charge on any atom is 0.279 e. The maximum absolute atomic E-state index is 12.3. The Kier molecular flexibility index (Phi) is 5.44. The first kappa shape index (κ1) is 18.2. The van der Waals surface area contributed by atoms with E-state index in [9.17, 15) is 9.59 Å². The Hall–Kier alpha value is -2.57. The van der Waals surface area contributed by atoms with Gasteiger partial charge in [0.25, 0.3) is 5.91 Å². The van der Waals surface area contributed by atoms with Crippen LogP contribution in [-0.2, 0) is 4.79 Å². The third-order valence-electron chi connectivity index (χ3n) is 4.43. The maximum atomic E-state index is 12.3. The van der Waals surface area contributed by atoms with Crippen molar-refractivity contribution >= 4 is 38.9 Å². The first-order valence-corrected chi connectivity index (χ1v) is 9.34. The SMILES string of the molecule is CC(=O)c1ccc(NC(=O)C[NH+](C)[C@@H](C)c2nc3ccccc3s2)cc1. The second-order valence-corrected chi connectivity index (χ2v) is 7.51. The smallest absolute Gasteiger partial charge is 0.279 e. The van der Waals surface area contributed by atoms with Gasteiger partial charge in [-0.2, -0.15) is 0 Å². The van der Waals surface area contributed by atoms with Crippen molar-refractivity contribution in [1.29, 1.82) is 0 Å². The molecule has 1 aromatic heterocycles. The van der Waals surface area contributed by atoms with Gasteiger partial charge in [0.2, 0.25) is 0 Å². The van der Waals surface area contributed by atoms with E-state index in [1.165, 1.54) is 6.92 Å². The molecule has 0 saturated carbocycles. The molecule has 0 fully saturated rings. The zero-order valence-corrected chi connectivity index (χ0v) is 15.9. The van der Waals surface area contributed by atoms with E-state index >= 15 is 0 Å². The highest BCUT2D eigenvalue weighted by Gasteiger charge is 2.22. The molecule has 1 heterocycles. The van der Waals surface area contributed by atoms with Crippen molar-refractivity contribution in [2.24, 2.45) is 0 Å². The van der Waals surface area contributed by atoms with E-state index in [1.54, 1.807) is 35.6 Å². The number of benzene rings is 2. The molecule has 0 saturated heterocycles. The van der Waals surface area contributed by atoms with E-state index in [2.05, 4.69) is 23.3 Å². The van der Waals surface area contributed by atoms with Crippen LogP contribution < -0.4 is 10.2 Å². The molecule has 1 unspecified atom stereocenters. The first-order valence-electron chi connectivity index (χ1n) is 8.52. The van der Waals surface area contributed by atoms with Crippen molar-refractivity contribution < 1.29 is 14.5 Å². The Bertz CT molecular complexity index is 901. The molecule has 3 rings (SSSR count). The van der Waals surface area contributed by atoms with Crippen LogP contribution in [0.5, 0.6) is 0 Å². The summed E-state index contributed by atoms with van der Waals surface area (Å²) < 4.78 is 1.16. The summed E-state index contributed by atoms with van der Waals surface area (Å²) in [6, 6.07) is 15.1. The molecule has 26 heavy (non-hydrogen) atoms. The summed E-state index contributed by atoms with van der Waals surface area (Å²) in [6.45, 7) is 3.95. The molecule has 0 spiro atoms. The van der Waals surface area contributed by atoms with Gasteiger partial charge in [0, 0.05) is 11.3 Å². The van der Waals surface area contributed by atoms with Crippen molar-refractivity contribution in [2.75, 3.05) is 18.9 Å². The molecule has 2 atom stereocenters. The fourth-order valence-corrected chi connectivity index (χ4v) is 3.80. The van der Waals surface area contributed by atoms with Crippen molar-refractivity contribution in [2.45, 2.75) is 19.9 Å². The van der Waals surface area contributed by atoms with Crippen molar-refractivity contribution in [1.82, 2.24) is 4.98 Å². The standard InChI is InChI=1S/C20H21N3O2S/c1-13(20-22-17-6-4-5-7-18(17)26-20)23(3)12-19(25)21-16-10-8-15(9-11-16)14(2)24/h4-11,13H,12H2,1-3H3,(H,21,25)/p+1/t13-/m0/s1. The van der Waals surface area contributed by atoms with Crippen molar-refractivity contribution in [3.8, 4) is 0 Å². The number of anilines is 1. The van der Waals surface area contributed by atoms with Gasteiger partial charge < -0.3 is 10.2 Å². The molecule has 0 aliphatic carbocycles. The molecule has 0 radical (unpaired) electrons. The number of nitrogens with one attached hydrogen (secondary N) is 2. The van der Waals surface area contributed by atoms with Gasteiger partial charge >= 0.3 is 0 Å². The minimum Gasteiger partial charge on any atom is -0.322 e. The van der Waals surface area contributed by atoms with Crippen LogP contribution in [0, 0.1) is 0 Å². The van der Waals surface area contributed by atoms with E-state index in [4.69, 9.17) is 0 Å². The number of nitrogens with zero attached hydrogens (tertiary/aromatic N) is 1. The number of carbonyl (C=O) groups excluding carboxylic acids is 2. The number of thiazole rings is 1. The summed E-state index contributed by atoms with van der Waals surface area (Å²) >= 11 is 1.67. The van der Waals surface area contributed by atoms with Crippen LogP contribution in [0.4, 0.5) is 5.69 Å². The first-order chi connectivity index (χ1) is 12.4. The van der Waals surface area contributed by atoms with E-state index < -0.39 is 0 Å². The number of Topliss-reactive ketones (excluding diaryl/α,β-unsaturated/α-hetero) is 1. The fourth-order valence-electron chi connectivity index (χ4n) is 2.69. The van der Waals surface area contributed by atoms with Gasteiger partial charge in [-0.25, -0.2) is 4.98 Å². The number of ketones is 1. The molecule has 134 valence electrons. The Morgan fingerprint density at radius 2 is 1.85 bits per heavy atom. The van der Waals surface area contributed by atoms with Gasteiger partial charge in [-0.05, 0) is 50.2 Å². The topological polar surface area (TPSA) is 63.5 Å². The van der Waals surface area contributed by atoms with Gasteiger partial charge in [0.15, 0.2) is 17.3 Å². The molecule has 5 nitrogen and oxygen atoms in total. The summed E-state index contributed by atoms with van der Waals surface area (Å²) in [7, 11) is 2.00. The Morgan fingerprint density at radius 1 is 1.15 bits per heavy atom. The number of carbonyl (C=O) groups is 2. The number of aromatic nitrogens is 1. The Labute approximate surface area is 156 Å². The fraction of sp³-hybridized carbons (Fsp3) is 0.250. The average Bonchev–Trinajstić information content (AvgIpc) is 3.05. The van der Waals surface area contributed by atoms with Crippen molar-refractivity contribution in [3.63, 3.8) is 0 Å². The quantitative estimate of drug-likeness (QED) is 0.658. The highest BCUT2D eigenvalue weighted by atomic mass is 32.1. The number of para-hydroxylation sites is 1. The number of hydrogen-bond donors (Lipinski definition) is 2. The Morgan fingerprint density at radius 3 is 2.50 bits per heavy atom. The summed E-state index contributed by atoms with van der Waals surface area (Å²) in [5.74, 6) is -0.0530. The van der Waals surface area contributed by atoms with E-state index in [-0.39, 0.29) is 17.7 Å². The lowest BCUT2D eigenvalue weighted by molar-refractivity contribution is -0.902. The van der Waals surface area contributed by atoms with E-state index in [1.807, 2.05) is 25.2 Å². The zero-order chi connectivity index (χ0) is 18.7. The van der Waals surface area contributed by atoms with Crippen LogP contribution in [0.25, 0.3) is 10.2 Å². The number of amides is 1.